The Balaban J connectivity index is 2.03. The largest absolute Gasteiger partial charge is 0.494 e. The summed E-state index contributed by atoms with van der Waals surface area (Å²) in [6.45, 7) is 4.33. The highest BCUT2D eigenvalue weighted by molar-refractivity contribution is 7.80. The van der Waals surface area contributed by atoms with Gasteiger partial charge in [-0.25, -0.2) is 0 Å². The molecule has 0 bridgehead atoms. The third-order valence-corrected chi connectivity index (χ3v) is 4.34. The van der Waals surface area contributed by atoms with Gasteiger partial charge in [-0.3, -0.25) is 20.2 Å². The lowest BCUT2D eigenvalue weighted by Gasteiger charge is -2.13. The molecule has 0 saturated heterocycles. The number of hydrogen-bond acceptors (Lipinski definition) is 5. The fourth-order valence-corrected chi connectivity index (χ4v) is 2.77. The summed E-state index contributed by atoms with van der Waals surface area (Å²) in [5.74, 6) is 0.210. The lowest BCUT2D eigenvalue weighted by Crippen LogP contribution is -2.34. The van der Waals surface area contributed by atoms with Gasteiger partial charge in [-0.1, -0.05) is 31.0 Å². The molecule has 28 heavy (non-hydrogen) atoms. The van der Waals surface area contributed by atoms with E-state index in [1.165, 1.54) is 12.1 Å². The second-order valence-electron chi connectivity index (χ2n) is 6.01. The fraction of sp³-hybridized carbons (Fsp3) is 0.263. The van der Waals surface area contributed by atoms with Crippen molar-refractivity contribution in [1.82, 2.24) is 5.32 Å². The summed E-state index contributed by atoms with van der Waals surface area (Å²) in [5.41, 5.74) is 1.24. The molecule has 0 aromatic heterocycles. The Labute approximate surface area is 173 Å². The Morgan fingerprint density at radius 2 is 2.07 bits per heavy atom. The number of benzene rings is 2. The van der Waals surface area contributed by atoms with E-state index in [1.54, 1.807) is 31.2 Å². The molecule has 0 fully saturated rings. The van der Waals surface area contributed by atoms with Crippen LogP contribution in [0.15, 0.2) is 36.4 Å². The number of unbranched alkanes of at least 4 members (excludes halogenated alkanes) is 1. The minimum Gasteiger partial charge on any atom is -0.494 e. The average Bonchev–Trinajstić information content (AvgIpc) is 2.64. The van der Waals surface area contributed by atoms with Crippen molar-refractivity contribution in [2.75, 3.05) is 11.9 Å². The number of halogens is 1. The first-order valence-corrected chi connectivity index (χ1v) is 9.40. The number of nitro benzene ring substituents is 1. The number of nitro groups is 1. The number of ether oxygens (including phenoxy) is 1. The number of nitrogens with zero attached hydrogens (tertiary/aromatic N) is 1. The van der Waals surface area contributed by atoms with Crippen LogP contribution < -0.4 is 15.4 Å². The van der Waals surface area contributed by atoms with E-state index < -0.39 is 10.8 Å². The highest BCUT2D eigenvalue weighted by atomic mass is 35.5. The van der Waals surface area contributed by atoms with E-state index in [2.05, 4.69) is 17.6 Å². The van der Waals surface area contributed by atoms with Crippen molar-refractivity contribution in [3.63, 3.8) is 0 Å². The molecule has 9 heteroatoms. The Morgan fingerprint density at radius 1 is 1.32 bits per heavy atom. The molecule has 0 unspecified atom stereocenters. The number of rotatable bonds is 7. The van der Waals surface area contributed by atoms with Crippen molar-refractivity contribution in [1.29, 1.82) is 0 Å². The van der Waals surface area contributed by atoms with Crippen molar-refractivity contribution in [3.05, 3.63) is 62.7 Å². The minimum atomic E-state index is -0.561. The molecule has 0 aliphatic rings. The van der Waals surface area contributed by atoms with Crippen LogP contribution in [-0.4, -0.2) is 22.5 Å². The smallest absolute Gasteiger partial charge is 0.288 e. The minimum absolute atomic E-state index is 0.0239. The highest BCUT2D eigenvalue weighted by Gasteiger charge is 2.16. The van der Waals surface area contributed by atoms with Gasteiger partial charge in [-0.2, -0.15) is 0 Å². The molecule has 0 saturated carbocycles. The fourth-order valence-electron chi connectivity index (χ4n) is 2.33. The van der Waals surface area contributed by atoms with Crippen LogP contribution in [0, 0.1) is 17.0 Å². The van der Waals surface area contributed by atoms with Crippen LogP contribution in [0.25, 0.3) is 0 Å². The van der Waals surface area contributed by atoms with Crippen LogP contribution in [0.3, 0.4) is 0 Å². The quantitative estimate of drug-likeness (QED) is 0.287. The zero-order valence-electron chi connectivity index (χ0n) is 15.5. The average molecular weight is 422 g/mol. The number of anilines is 1. The molecule has 0 aliphatic heterocycles. The third-order valence-electron chi connectivity index (χ3n) is 3.83. The first kappa shape index (κ1) is 21.6. The van der Waals surface area contributed by atoms with Gasteiger partial charge in [0, 0.05) is 17.3 Å². The molecule has 0 aliphatic carbocycles. The second-order valence-corrected chi connectivity index (χ2v) is 6.83. The highest BCUT2D eigenvalue weighted by Crippen LogP contribution is 2.30. The summed E-state index contributed by atoms with van der Waals surface area (Å²) >= 11 is 11.1. The van der Waals surface area contributed by atoms with E-state index in [0.29, 0.717) is 29.2 Å². The van der Waals surface area contributed by atoms with Crippen LogP contribution in [0.2, 0.25) is 5.02 Å². The lowest BCUT2D eigenvalue weighted by atomic mass is 10.2. The standard InChI is InChI=1S/C19H20ClN3O4S/c1-3-4-8-27-14-7-5-6-13(10-14)18(24)22-19(28)21-16-11-15(20)17(23(25)26)9-12(16)2/h5-7,9-11H,3-4,8H2,1-2H3,(H2,21,22,24,28). The number of aryl methyl sites for hydroxylation is 1. The first-order chi connectivity index (χ1) is 13.3. The van der Waals surface area contributed by atoms with Crippen LogP contribution in [0.1, 0.15) is 35.7 Å². The van der Waals surface area contributed by atoms with Crippen molar-refractivity contribution in [2.24, 2.45) is 0 Å². The Bertz CT molecular complexity index is 905. The molecule has 0 spiro atoms. The number of hydrogen-bond donors (Lipinski definition) is 2. The number of thiocarbonyl (C=S) groups is 1. The number of carbonyl (C=O) groups is 1. The van der Waals surface area contributed by atoms with Gasteiger partial charge in [0.2, 0.25) is 0 Å². The molecule has 0 radical (unpaired) electrons. The zero-order chi connectivity index (χ0) is 20.7. The first-order valence-electron chi connectivity index (χ1n) is 8.61. The van der Waals surface area contributed by atoms with Crippen molar-refractivity contribution >= 4 is 46.2 Å². The van der Waals surface area contributed by atoms with E-state index in [0.717, 1.165) is 12.8 Å². The monoisotopic (exact) mass is 421 g/mol. The van der Waals surface area contributed by atoms with Gasteiger partial charge in [-0.05, 0) is 55.4 Å². The maximum atomic E-state index is 12.4. The molecule has 0 heterocycles. The molecular formula is C19H20ClN3O4S. The Morgan fingerprint density at radius 3 is 2.75 bits per heavy atom. The molecule has 2 aromatic rings. The molecule has 2 N–H and O–H groups in total. The van der Waals surface area contributed by atoms with Gasteiger partial charge in [-0.15, -0.1) is 0 Å². The summed E-state index contributed by atoms with van der Waals surface area (Å²) in [6.07, 6.45) is 1.95. The summed E-state index contributed by atoms with van der Waals surface area (Å²) in [4.78, 5) is 22.8. The molecule has 1 amide bonds. The van der Waals surface area contributed by atoms with Crippen molar-refractivity contribution in [3.8, 4) is 5.75 Å². The van der Waals surface area contributed by atoms with Gasteiger partial charge in [0.15, 0.2) is 5.11 Å². The van der Waals surface area contributed by atoms with Gasteiger partial charge >= 0.3 is 0 Å². The molecule has 2 aromatic carbocycles. The molecule has 7 nitrogen and oxygen atoms in total. The van der Waals surface area contributed by atoms with Crippen LogP contribution >= 0.6 is 23.8 Å². The van der Waals surface area contributed by atoms with Crippen molar-refractivity contribution < 1.29 is 14.5 Å². The van der Waals surface area contributed by atoms with Crippen LogP contribution in [0.5, 0.6) is 5.75 Å². The number of nitrogens with one attached hydrogen (secondary N) is 2. The predicted octanol–water partition coefficient (Wildman–Crippen LogP) is 4.86. The maximum Gasteiger partial charge on any atom is 0.288 e. The van der Waals surface area contributed by atoms with Gasteiger partial charge in [0.05, 0.1) is 11.5 Å². The summed E-state index contributed by atoms with van der Waals surface area (Å²) in [7, 11) is 0. The van der Waals surface area contributed by atoms with Crippen LogP contribution in [-0.2, 0) is 0 Å². The van der Waals surface area contributed by atoms with E-state index >= 15 is 0 Å². The van der Waals surface area contributed by atoms with E-state index in [9.17, 15) is 14.9 Å². The topological polar surface area (TPSA) is 93.5 Å². The zero-order valence-corrected chi connectivity index (χ0v) is 17.0. The summed E-state index contributed by atoms with van der Waals surface area (Å²) in [5, 5.41) is 16.4. The van der Waals surface area contributed by atoms with Crippen LogP contribution in [0.4, 0.5) is 11.4 Å². The molecule has 148 valence electrons. The summed E-state index contributed by atoms with van der Waals surface area (Å²) < 4.78 is 5.60. The third kappa shape index (κ3) is 5.90. The van der Waals surface area contributed by atoms with E-state index in [-0.39, 0.29) is 15.8 Å². The maximum absolute atomic E-state index is 12.4. The van der Waals surface area contributed by atoms with Gasteiger partial charge < -0.3 is 10.1 Å². The number of amides is 1. The van der Waals surface area contributed by atoms with E-state index in [1.807, 2.05) is 0 Å². The second kappa shape index (κ2) is 10.0. The Kier molecular flexibility index (Phi) is 7.71. The Hall–Kier alpha value is -2.71. The normalized spacial score (nSPS) is 10.2. The van der Waals surface area contributed by atoms with Gasteiger partial charge in [0.1, 0.15) is 10.8 Å². The lowest BCUT2D eigenvalue weighted by molar-refractivity contribution is -0.384. The van der Waals surface area contributed by atoms with E-state index in [4.69, 9.17) is 28.6 Å². The van der Waals surface area contributed by atoms with Gasteiger partial charge in [0.25, 0.3) is 11.6 Å². The van der Waals surface area contributed by atoms with Crippen molar-refractivity contribution in [2.45, 2.75) is 26.7 Å². The molecular weight excluding hydrogens is 402 g/mol. The predicted molar refractivity (Wildman–Crippen MR) is 113 cm³/mol. The number of carbonyl (C=O) groups excluding carboxylic acids is 1. The summed E-state index contributed by atoms with van der Waals surface area (Å²) in [6, 6.07) is 9.54. The molecule has 0 atom stereocenters. The SMILES string of the molecule is CCCCOc1cccc(C(=O)NC(=S)Nc2cc(Cl)c([N+](=O)[O-])cc2C)c1. The molecule has 2 rings (SSSR count).